The molecular formula is C29H31Cl3N4O4S. The quantitative estimate of drug-likeness (QED) is 0.180. The number of nitrogens with zero attached hydrogens (tertiary/aromatic N) is 4. The molecule has 12 heteroatoms. The van der Waals surface area contributed by atoms with Gasteiger partial charge in [0.05, 0.1) is 37.9 Å². The molecule has 1 aromatic carbocycles. The lowest BCUT2D eigenvalue weighted by Crippen LogP contribution is -2.50. The number of thiophene rings is 1. The van der Waals surface area contributed by atoms with E-state index in [2.05, 4.69) is 23.9 Å². The van der Waals surface area contributed by atoms with E-state index in [1.807, 2.05) is 12.1 Å². The van der Waals surface area contributed by atoms with Gasteiger partial charge in [-0.3, -0.25) is 9.59 Å². The SMILES string of the molecule is CCOC(=O)CN(C(=O)c1cc2c(Cl)ccc(Cl)c2n1Cc1cc(-c2ccc(Cl)s2)on1)C1CCN(C(C)C)CC1. The van der Waals surface area contributed by atoms with Crippen LogP contribution in [0.15, 0.2) is 40.9 Å². The van der Waals surface area contributed by atoms with Crippen LogP contribution in [0.4, 0.5) is 0 Å². The Morgan fingerprint density at radius 1 is 1.12 bits per heavy atom. The van der Waals surface area contributed by atoms with E-state index in [4.69, 9.17) is 44.1 Å². The van der Waals surface area contributed by atoms with Crippen molar-refractivity contribution in [1.29, 1.82) is 0 Å². The fourth-order valence-corrected chi connectivity index (χ4v) is 6.79. The summed E-state index contributed by atoms with van der Waals surface area (Å²) < 4.78 is 13.3. The van der Waals surface area contributed by atoms with E-state index < -0.39 is 5.97 Å². The molecule has 0 saturated carbocycles. The van der Waals surface area contributed by atoms with Crippen LogP contribution in [0, 0.1) is 0 Å². The van der Waals surface area contributed by atoms with E-state index in [-0.39, 0.29) is 31.6 Å². The molecule has 0 N–H and O–H groups in total. The summed E-state index contributed by atoms with van der Waals surface area (Å²) in [5, 5.41) is 5.81. The molecule has 5 rings (SSSR count). The summed E-state index contributed by atoms with van der Waals surface area (Å²) in [4.78, 5) is 31.9. The maximum Gasteiger partial charge on any atom is 0.325 e. The molecular weight excluding hydrogens is 607 g/mol. The summed E-state index contributed by atoms with van der Waals surface area (Å²) in [6.45, 7) is 8.05. The van der Waals surface area contributed by atoms with Crippen LogP contribution in [-0.4, -0.2) is 69.7 Å². The standard InChI is InChI=1S/C29H31Cl3N4O4S/c1-4-39-27(37)16-35(19-9-11-34(12-10-19)17(2)3)29(38)23-14-20-21(30)5-6-22(31)28(20)36(23)15-18-13-24(40-33-18)25-7-8-26(32)41-25/h5-8,13-14,17,19H,4,9-12,15-16H2,1-3H3. The number of ether oxygens (including phenoxy) is 1. The Bertz CT molecular complexity index is 1550. The second kappa shape index (κ2) is 12.8. The molecule has 0 aliphatic carbocycles. The monoisotopic (exact) mass is 636 g/mol. The van der Waals surface area contributed by atoms with Gasteiger partial charge in [0.2, 0.25) is 0 Å². The number of amides is 1. The Kier molecular flexibility index (Phi) is 9.30. The zero-order valence-electron chi connectivity index (χ0n) is 23.0. The molecule has 8 nitrogen and oxygen atoms in total. The maximum atomic E-state index is 14.4. The van der Waals surface area contributed by atoms with Gasteiger partial charge in [0.25, 0.3) is 5.91 Å². The molecule has 0 unspecified atom stereocenters. The first kappa shape index (κ1) is 29.9. The molecule has 0 radical (unpaired) electrons. The van der Waals surface area contributed by atoms with Crippen molar-refractivity contribution in [3.63, 3.8) is 0 Å². The molecule has 218 valence electrons. The minimum Gasteiger partial charge on any atom is -0.465 e. The molecule has 0 bridgehead atoms. The number of halogens is 3. The summed E-state index contributed by atoms with van der Waals surface area (Å²) in [5.41, 5.74) is 1.56. The fourth-order valence-electron chi connectivity index (χ4n) is 5.33. The Hall–Kier alpha value is -2.56. The van der Waals surface area contributed by atoms with Gasteiger partial charge in [-0.1, -0.05) is 40.0 Å². The average Bonchev–Trinajstić information content (AvgIpc) is 3.69. The zero-order valence-corrected chi connectivity index (χ0v) is 26.1. The number of aromatic nitrogens is 2. The molecule has 41 heavy (non-hydrogen) atoms. The van der Waals surface area contributed by atoms with Gasteiger partial charge >= 0.3 is 5.97 Å². The van der Waals surface area contributed by atoms with E-state index in [0.29, 0.717) is 48.5 Å². The predicted octanol–water partition coefficient (Wildman–Crippen LogP) is 7.24. The Balaban J connectivity index is 1.53. The molecule has 1 amide bonds. The van der Waals surface area contributed by atoms with Gasteiger partial charge in [-0.25, -0.2) is 0 Å². The lowest BCUT2D eigenvalue weighted by Gasteiger charge is -2.39. The number of esters is 1. The first-order valence-corrected chi connectivity index (χ1v) is 15.5. The number of rotatable bonds is 9. The summed E-state index contributed by atoms with van der Waals surface area (Å²) in [5.74, 6) is -0.161. The normalized spacial score (nSPS) is 14.7. The lowest BCUT2D eigenvalue weighted by atomic mass is 10.0. The van der Waals surface area contributed by atoms with Gasteiger partial charge < -0.3 is 23.6 Å². The molecule has 3 aromatic heterocycles. The Morgan fingerprint density at radius 2 is 1.85 bits per heavy atom. The molecule has 1 fully saturated rings. The van der Waals surface area contributed by atoms with Gasteiger partial charge in [-0.15, -0.1) is 11.3 Å². The highest BCUT2D eigenvalue weighted by Gasteiger charge is 2.33. The fraction of sp³-hybridized carbons (Fsp3) is 0.414. The molecule has 1 aliphatic heterocycles. The van der Waals surface area contributed by atoms with Crippen molar-refractivity contribution in [2.24, 2.45) is 0 Å². The van der Waals surface area contributed by atoms with Crippen LogP contribution in [0.3, 0.4) is 0 Å². The molecule has 4 heterocycles. The van der Waals surface area contributed by atoms with Crippen molar-refractivity contribution >= 4 is 68.9 Å². The summed E-state index contributed by atoms with van der Waals surface area (Å²) in [6.07, 6.45) is 1.50. The molecule has 0 atom stereocenters. The van der Waals surface area contributed by atoms with Crippen molar-refractivity contribution in [3.05, 3.63) is 62.2 Å². The number of hydrogen-bond donors (Lipinski definition) is 0. The third-order valence-electron chi connectivity index (χ3n) is 7.41. The van der Waals surface area contributed by atoms with Crippen molar-refractivity contribution in [2.75, 3.05) is 26.2 Å². The Morgan fingerprint density at radius 3 is 2.51 bits per heavy atom. The third kappa shape index (κ3) is 6.44. The van der Waals surface area contributed by atoms with Crippen LogP contribution in [0.5, 0.6) is 0 Å². The first-order valence-electron chi connectivity index (χ1n) is 13.6. The molecule has 4 aromatic rings. The van der Waals surface area contributed by atoms with Gasteiger partial charge in [-0.05, 0) is 63.9 Å². The van der Waals surface area contributed by atoms with Crippen LogP contribution in [0.2, 0.25) is 14.4 Å². The molecule has 1 saturated heterocycles. The minimum atomic E-state index is -0.443. The average molecular weight is 638 g/mol. The summed E-state index contributed by atoms with van der Waals surface area (Å²) >= 11 is 20.8. The first-order chi connectivity index (χ1) is 19.7. The van der Waals surface area contributed by atoms with Crippen LogP contribution in [-0.2, 0) is 16.1 Å². The van der Waals surface area contributed by atoms with E-state index in [0.717, 1.165) is 30.8 Å². The van der Waals surface area contributed by atoms with Crippen LogP contribution in [0.25, 0.3) is 21.5 Å². The third-order valence-corrected chi connectivity index (χ3v) is 9.29. The van der Waals surface area contributed by atoms with Crippen molar-refractivity contribution in [3.8, 4) is 10.6 Å². The van der Waals surface area contributed by atoms with Crippen molar-refractivity contribution in [1.82, 2.24) is 19.5 Å². The smallest absolute Gasteiger partial charge is 0.325 e. The highest BCUT2D eigenvalue weighted by Crippen LogP contribution is 2.36. The van der Waals surface area contributed by atoms with E-state index in [1.165, 1.54) is 11.3 Å². The Labute approximate surface area is 257 Å². The van der Waals surface area contributed by atoms with Gasteiger partial charge in [0.1, 0.15) is 17.9 Å². The van der Waals surface area contributed by atoms with Gasteiger partial charge in [0.15, 0.2) is 5.76 Å². The topological polar surface area (TPSA) is 80.8 Å². The largest absolute Gasteiger partial charge is 0.465 e. The number of hydrogen-bond acceptors (Lipinski definition) is 7. The number of piperidine rings is 1. The second-order valence-corrected chi connectivity index (χ2v) is 12.8. The van der Waals surface area contributed by atoms with Crippen molar-refractivity contribution in [2.45, 2.75) is 52.2 Å². The van der Waals surface area contributed by atoms with Gasteiger partial charge in [-0.2, -0.15) is 0 Å². The minimum absolute atomic E-state index is 0.124. The lowest BCUT2D eigenvalue weighted by molar-refractivity contribution is -0.144. The molecule has 0 spiro atoms. The van der Waals surface area contributed by atoms with E-state index in [9.17, 15) is 9.59 Å². The number of fused-ring (bicyclic) bond motifs is 1. The number of carbonyl (C=O) groups is 2. The van der Waals surface area contributed by atoms with Crippen LogP contribution in [0.1, 0.15) is 49.8 Å². The second-order valence-electron chi connectivity index (χ2n) is 10.3. The predicted molar refractivity (Wildman–Crippen MR) is 163 cm³/mol. The van der Waals surface area contributed by atoms with E-state index in [1.54, 1.807) is 40.7 Å². The van der Waals surface area contributed by atoms with Crippen molar-refractivity contribution < 1.29 is 18.8 Å². The van der Waals surface area contributed by atoms with E-state index >= 15 is 0 Å². The van der Waals surface area contributed by atoms with Crippen LogP contribution < -0.4 is 0 Å². The number of likely N-dealkylation sites (tertiary alicyclic amines) is 1. The highest BCUT2D eigenvalue weighted by molar-refractivity contribution is 7.19. The molecule has 1 aliphatic rings. The number of benzene rings is 1. The zero-order chi connectivity index (χ0) is 29.3. The summed E-state index contributed by atoms with van der Waals surface area (Å²) in [6, 6.07) is 10.9. The van der Waals surface area contributed by atoms with Gasteiger partial charge in [0, 0.05) is 36.6 Å². The number of carbonyl (C=O) groups excluding carboxylic acids is 2. The highest BCUT2D eigenvalue weighted by atomic mass is 35.5. The van der Waals surface area contributed by atoms with Crippen LogP contribution >= 0.6 is 46.1 Å². The summed E-state index contributed by atoms with van der Waals surface area (Å²) in [7, 11) is 0. The maximum absolute atomic E-state index is 14.4.